The van der Waals surface area contributed by atoms with Crippen molar-refractivity contribution in [1.82, 2.24) is 9.80 Å². The number of nitrogens with zero attached hydrogens (tertiary/aromatic N) is 2. The normalized spacial score (nSPS) is 30.1. The Labute approximate surface area is 119 Å². The molecule has 0 aromatic heterocycles. The van der Waals surface area contributed by atoms with Crippen LogP contribution in [0.2, 0.25) is 0 Å². The zero-order chi connectivity index (χ0) is 14.7. The van der Waals surface area contributed by atoms with Crippen LogP contribution in [0.4, 0.5) is 8.78 Å². The lowest BCUT2D eigenvalue weighted by Gasteiger charge is -2.37. The standard InChI is InChI=1S/C14H26F2N2O2/c1-10-5-17(6-11(2)20-10)7-13(19)8-18(9-14(15)16)12-3-4-12/h10-14,19H,3-9H2,1-2H3. The first-order valence-electron chi connectivity index (χ1n) is 7.52. The monoisotopic (exact) mass is 292 g/mol. The minimum Gasteiger partial charge on any atom is -0.390 e. The molecule has 118 valence electrons. The first-order chi connectivity index (χ1) is 9.44. The minimum atomic E-state index is -2.33. The SMILES string of the molecule is CC1CN(CC(O)CN(CC(F)F)C2CC2)CC(C)O1. The van der Waals surface area contributed by atoms with Crippen LogP contribution in [-0.4, -0.2) is 78.4 Å². The van der Waals surface area contributed by atoms with Crippen LogP contribution >= 0.6 is 0 Å². The van der Waals surface area contributed by atoms with E-state index < -0.39 is 12.5 Å². The molecule has 1 N–H and O–H groups in total. The van der Waals surface area contributed by atoms with Crippen molar-refractivity contribution in [3.05, 3.63) is 0 Å². The molecule has 0 amide bonds. The van der Waals surface area contributed by atoms with Crippen LogP contribution < -0.4 is 0 Å². The van der Waals surface area contributed by atoms with E-state index in [-0.39, 0.29) is 24.8 Å². The predicted octanol–water partition coefficient (Wildman–Crippen LogP) is 1.19. The Kier molecular flexibility index (Phi) is 5.72. The molecule has 1 aliphatic carbocycles. The Morgan fingerprint density at radius 2 is 1.80 bits per heavy atom. The van der Waals surface area contributed by atoms with Gasteiger partial charge in [-0.15, -0.1) is 0 Å². The van der Waals surface area contributed by atoms with Crippen LogP contribution in [0.25, 0.3) is 0 Å². The summed E-state index contributed by atoms with van der Waals surface area (Å²) in [7, 11) is 0. The summed E-state index contributed by atoms with van der Waals surface area (Å²) in [5.74, 6) is 0. The average Bonchev–Trinajstić information content (AvgIpc) is 3.08. The first kappa shape index (κ1) is 16.1. The maximum Gasteiger partial charge on any atom is 0.251 e. The van der Waals surface area contributed by atoms with Gasteiger partial charge in [0.25, 0.3) is 6.43 Å². The molecule has 1 saturated heterocycles. The lowest BCUT2D eigenvalue weighted by molar-refractivity contribution is -0.0787. The van der Waals surface area contributed by atoms with Crippen LogP contribution in [0.1, 0.15) is 26.7 Å². The fourth-order valence-electron chi connectivity index (χ4n) is 3.05. The number of aliphatic hydroxyl groups is 1. The van der Waals surface area contributed by atoms with Crippen molar-refractivity contribution in [3.8, 4) is 0 Å². The summed E-state index contributed by atoms with van der Waals surface area (Å²) in [6, 6.07) is 0.251. The van der Waals surface area contributed by atoms with Crippen LogP contribution in [0.5, 0.6) is 0 Å². The van der Waals surface area contributed by atoms with E-state index in [2.05, 4.69) is 4.90 Å². The zero-order valence-electron chi connectivity index (χ0n) is 12.3. The molecule has 20 heavy (non-hydrogen) atoms. The Morgan fingerprint density at radius 1 is 1.20 bits per heavy atom. The lowest BCUT2D eigenvalue weighted by atomic mass is 10.2. The summed E-state index contributed by atoms with van der Waals surface area (Å²) in [6.07, 6.45) is -0.632. The second kappa shape index (κ2) is 7.11. The first-order valence-corrected chi connectivity index (χ1v) is 7.52. The molecule has 3 unspecified atom stereocenters. The molecule has 0 radical (unpaired) electrons. The van der Waals surface area contributed by atoms with Crippen molar-refractivity contribution < 1.29 is 18.6 Å². The fraction of sp³-hybridized carbons (Fsp3) is 1.00. The highest BCUT2D eigenvalue weighted by molar-refractivity contribution is 4.87. The molecule has 2 fully saturated rings. The number of hydrogen-bond donors (Lipinski definition) is 1. The number of β-amino-alcohol motifs (C(OH)–C–C–N with tert-alkyl or cyclic N) is 1. The van der Waals surface area contributed by atoms with Gasteiger partial charge in [0.05, 0.1) is 24.9 Å². The van der Waals surface area contributed by atoms with Crippen molar-refractivity contribution in [2.75, 3.05) is 32.7 Å². The number of alkyl halides is 2. The molecule has 4 nitrogen and oxygen atoms in total. The summed E-state index contributed by atoms with van der Waals surface area (Å²) in [5.41, 5.74) is 0. The number of aliphatic hydroxyl groups excluding tert-OH is 1. The molecule has 1 saturated carbocycles. The van der Waals surface area contributed by atoms with Gasteiger partial charge in [-0.1, -0.05) is 0 Å². The molecule has 0 spiro atoms. The van der Waals surface area contributed by atoms with Gasteiger partial charge in [-0.2, -0.15) is 0 Å². The fourth-order valence-corrected chi connectivity index (χ4v) is 3.05. The van der Waals surface area contributed by atoms with Gasteiger partial charge in [0.15, 0.2) is 0 Å². The topological polar surface area (TPSA) is 35.9 Å². The Morgan fingerprint density at radius 3 is 2.30 bits per heavy atom. The zero-order valence-corrected chi connectivity index (χ0v) is 12.3. The lowest BCUT2D eigenvalue weighted by Crippen LogP contribution is -2.50. The number of morpholine rings is 1. The van der Waals surface area contributed by atoms with E-state index in [4.69, 9.17) is 4.74 Å². The van der Waals surface area contributed by atoms with Gasteiger partial charge in [0.2, 0.25) is 0 Å². The Balaban J connectivity index is 1.76. The maximum atomic E-state index is 12.5. The van der Waals surface area contributed by atoms with E-state index in [1.807, 2.05) is 13.8 Å². The second-order valence-electron chi connectivity index (χ2n) is 6.21. The molecule has 0 aromatic rings. The van der Waals surface area contributed by atoms with Gasteiger partial charge in [-0.3, -0.25) is 9.80 Å². The van der Waals surface area contributed by atoms with Crippen LogP contribution in [-0.2, 0) is 4.74 Å². The van der Waals surface area contributed by atoms with Crippen molar-refractivity contribution in [3.63, 3.8) is 0 Å². The molecule has 0 bridgehead atoms. The number of halogens is 2. The number of hydrogen-bond acceptors (Lipinski definition) is 4. The molecular formula is C14H26F2N2O2. The highest BCUT2D eigenvalue weighted by atomic mass is 19.3. The van der Waals surface area contributed by atoms with Crippen molar-refractivity contribution >= 4 is 0 Å². The second-order valence-corrected chi connectivity index (χ2v) is 6.21. The predicted molar refractivity (Wildman–Crippen MR) is 73.1 cm³/mol. The van der Waals surface area contributed by atoms with E-state index in [0.29, 0.717) is 13.1 Å². The molecule has 2 aliphatic rings. The van der Waals surface area contributed by atoms with E-state index >= 15 is 0 Å². The summed E-state index contributed by atoms with van der Waals surface area (Å²) >= 11 is 0. The highest BCUT2D eigenvalue weighted by Gasteiger charge is 2.32. The third kappa shape index (κ3) is 5.24. The summed E-state index contributed by atoms with van der Waals surface area (Å²) in [5, 5.41) is 10.2. The Bertz CT molecular complexity index is 293. The summed E-state index contributed by atoms with van der Waals surface area (Å²) in [4.78, 5) is 3.90. The number of ether oxygens (including phenoxy) is 1. The van der Waals surface area contributed by atoms with Gasteiger partial charge in [-0.25, -0.2) is 8.78 Å². The van der Waals surface area contributed by atoms with Crippen molar-refractivity contribution in [2.24, 2.45) is 0 Å². The number of rotatable bonds is 7. The van der Waals surface area contributed by atoms with E-state index in [0.717, 1.165) is 25.9 Å². The molecule has 1 heterocycles. The van der Waals surface area contributed by atoms with Crippen LogP contribution in [0.15, 0.2) is 0 Å². The van der Waals surface area contributed by atoms with Crippen LogP contribution in [0.3, 0.4) is 0 Å². The maximum absolute atomic E-state index is 12.5. The molecule has 1 aliphatic heterocycles. The van der Waals surface area contributed by atoms with Gasteiger partial charge >= 0.3 is 0 Å². The van der Waals surface area contributed by atoms with E-state index in [1.165, 1.54) is 0 Å². The quantitative estimate of drug-likeness (QED) is 0.764. The highest BCUT2D eigenvalue weighted by Crippen LogP contribution is 2.27. The van der Waals surface area contributed by atoms with Crippen LogP contribution in [0, 0.1) is 0 Å². The third-order valence-corrected chi connectivity index (χ3v) is 3.85. The molecule has 0 aromatic carbocycles. The smallest absolute Gasteiger partial charge is 0.251 e. The molecule has 3 atom stereocenters. The van der Waals surface area contributed by atoms with Gasteiger partial charge in [0.1, 0.15) is 0 Å². The Hall–Kier alpha value is -0.300. The molecule has 2 rings (SSSR count). The van der Waals surface area contributed by atoms with Crippen molar-refractivity contribution in [1.29, 1.82) is 0 Å². The van der Waals surface area contributed by atoms with E-state index in [9.17, 15) is 13.9 Å². The minimum absolute atomic E-state index is 0.159. The average molecular weight is 292 g/mol. The third-order valence-electron chi connectivity index (χ3n) is 3.85. The van der Waals surface area contributed by atoms with Crippen molar-refractivity contribution in [2.45, 2.75) is 57.5 Å². The molecular weight excluding hydrogens is 266 g/mol. The summed E-state index contributed by atoms with van der Waals surface area (Å²) in [6.45, 7) is 6.27. The largest absolute Gasteiger partial charge is 0.390 e. The van der Waals surface area contributed by atoms with E-state index in [1.54, 1.807) is 4.90 Å². The molecule has 6 heteroatoms. The van der Waals surface area contributed by atoms with Gasteiger partial charge in [0, 0.05) is 32.2 Å². The van der Waals surface area contributed by atoms with Gasteiger partial charge < -0.3 is 9.84 Å². The summed E-state index contributed by atoms with van der Waals surface area (Å²) < 4.78 is 30.7. The van der Waals surface area contributed by atoms with Gasteiger partial charge in [-0.05, 0) is 26.7 Å².